The largest absolute Gasteiger partial charge is 0.512 e. The number of nitrogens with one attached hydrogen (secondary N) is 1. The first-order chi connectivity index (χ1) is 25.9. The van der Waals surface area contributed by atoms with E-state index in [1.807, 2.05) is 42.5 Å². The number of aromatic nitrogens is 2. The number of rotatable bonds is 12. The summed E-state index contributed by atoms with van der Waals surface area (Å²) < 4.78 is 17.7. The fourth-order valence-electron chi connectivity index (χ4n) is 6.91. The summed E-state index contributed by atoms with van der Waals surface area (Å²) >= 11 is 2.88. The van der Waals surface area contributed by atoms with E-state index in [0.717, 1.165) is 94.0 Å². The van der Waals surface area contributed by atoms with Gasteiger partial charge < -0.3 is 24.2 Å². The molecule has 0 saturated carbocycles. The molecule has 0 unspecified atom stereocenters. The SMILES string of the molecule is O=C(O)Oc1nc(N2CCc3cccc(C(=O)Nc4nc5ccccc5s4)c3C2)sc1CCc1ccc2cc(OCCCN3CCOCC3)ccc2c1. The molecule has 2 aromatic heterocycles. The summed E-state index contributed by atoms with van der Waals surface area (Å²) in [6.07, 6.45) is 1.55. The Morgan fingerprint density at radius 2 is 1.75 bits per heavy atom. The molecular formula is C40H39N5O6S2. The first-order valence-electron chi connectivity index (χ1n) is 17.8. The van der Waals surface area contributed by atoms with Gasteiger partial charge in [-0.3, -0.25) is 15.0 Å². The van der Waals surface area contributed by atoms with E-state index < -0.39 is 6.16 Å². The second-order valence-corrected chi connectivity index (χ2v) is 15.2. The Morgan fingerprint density at radius 1 is 0.906 bits per heavy atom. The highest BCUT2D eigenvalue weighted by Gasteiger charge is 2.26. The predicted molar refractivity (Wildman–Crippen MR) is 208 cm³/mol. The summed E-state index contributed by atoms with van der Waals surface area (Å²) in [6, 6.07) is 26.2. The van der Waals surface area contributed by atoms with Crippen LogP contribution in [0.4, 0.5) is 15.1 Å². The van der Waals surface area contributed by atoms with Gasteiger partial charge in [0.2, 0.25) is 5.88 Å². The van der Waals surface area contributed by atoms with Crippen molar-refractivity contribution in [3.05, 3.63) is 106 Å². The van der Waals surface area contributed by atoms with E-state index in [1.165, 1.54) is 22.7 Å². The molecule has 2 N–H and O–H groups in total. The highest BCUT2D eigenvalue weighted by Crippen LogP contribution is 2.36. The van der Waals surface area contributed by atoms with Gasteiger partial charge in [-0.2, -0.15) is 4.98 Å². The number of carbonyl (C=O) groups is 2. The molecule has 8 rings (SSSR count). The lowest BCUT2D eigenvalue weighted by Gasteiger charge is -2.29. The van der Waals surface area contributed by atoms with Crippen molar-refractivity contribution < 1.29 is 28.9 Å². The van der Waals surface area contributed by atoms with Gasteiger partial charge in [0.25, 0.3) is 5.91 Å². The number of hydrogen-bond donors (Lipinski definition) is 2. The number of thiazole rings is 2. The lowest BCUT2D eigenvalue weighted by atomic mass is 9.94. The molecule has 4 aromatic carbocycles. The number of benzene rings is 4. The first-order valence-corrected chi connectivity index (χ1v) is 19.5. The van der Waals surface area contributed by atoms with E-state index in [4.69, 9.17) is 14.2 Å². The minimum atomic E-state index is -1.40. The molecule has 0 spiro atoms. The Balaban J connectivity index is 0.925. The zero-order valence-corrected chi connectivity index (χ0v) is 30.7. The maximum Gasteiger partial charge on any atom is 0.512 e. The lowest BCUT2D eigenvalue weighted by Crippen LogP contribution is -2.37. The van der Waals surface area contributed by atoms with E-state index >= 15 is 0 Å². The number of fused-ring (bicyclic) bond motifs is 3. The highest BCUT2D eigenvalue weighted by molar-refractivity contribution is 7.22. The summed E-state index contributed by atoms with van der Waals surface area (Å²) in [4.78, 5) is 39.7. The van der Waals surface area contributed by atoms with E-state index in [-0.39, 0.29) is 11.8 Å². The van der Waals surface area contributed by atoms with Crippen molar-refractivity contribution in [1.82, 2.24) is 14.9 Å². The minimum Gasteiger partial charge on any atom is -0.494 e. The molecule has 4 heterocycles. The third kappa shape index (κ3) is 8.28. The van der Waals surface area contributed by atoms with Gasteiger partial charge in [-0.05, 0) is 83.5 Å². The van der Waals surface area contributed by atoms with E-state index in [1.54, 1.807) is 0 Å². The van der Waals surface area contributed by atoms with E-state index in [9.17, 15) is 14.7 Å². The molecule has 0 atom stereocenters. The molecule has 0 aliphatic carbocycles. The van der Waals surface area contributed by atoms with Gasteiger partial charge in [-0.15, -0.1) is 0 Å². The van der Waals surface area contributed by atoms with Crippen LogP contribution in [0.5, 0.6) is 11.6 Å². The first kappa shape index (κ1) is 35.0. The smallest absolute Gasteiger partial charge is 0.494 e. The number of anilines is 2. The van der Waals surface area contributed by atoms with Gasteiger partial charge in [0.05, 0.1) is 34.9 Å². The van der Waals surface area contributed by atoms with Crippen molar-refractivity contribution in [1.29, 1.82) is 0 Å². The summed E-state index contributed by atoms with van der Waals surface area (Å²) in [5.41, 5.74) is 4.59. The second kappa shape index (κ2) is 15.9. The molecule has 6 aromatic rings. The summed E-state index contributed by atoms with van der Waals surface area (Å²) in [7, 11) is 0. The fraction of sp³-hybridized carbons (Fsp3) is 0.300. The van der Waals surface area contributed by atoms with Crippen LogP contribution in [0.25, 0.3) is 21.0 Å². The molecule has 2 aliphatic heterocycles. The van der Waals surface area contributed by atoms with Crippen LogP contribution in [-0.2, 0) is 30.5 Å². The molecule has 0 radical (unpaired) electrons. The van der Waals surface area contributed by atoms with Crippen molar-refractivity contribution in [3.63, 3.8) is 0 Å². The third-order valence-electron chi connectivity index (χ3n) is 9.64. The van der Waals surface area contributed by atoms with Crippen molar-refractivity contribution in [2.45, 2.75) is 32.2 Å². The van der Waals surface area contributed by atoms with Gasteiger partial charge in [0.15, 0.2) is 10.3 Å². The molecular weight excluding hydrogens is 711 g/mol. The Bertz CT molecular complexity index is 2230. The number of ether oxygens (including phenoxy) is 3. The van der Waals surface area contributed by atoms with Crippen LogP contribution in [0.2, 0.25) is 0 Å². The van der Waals surface area contributed by atoms with Crippen LogP contribution in [0.3, 0.4) is 0 Å². The van der Waals surface area contributed by atoms with Crippen molar-refractivity contribution in [2.75, 3.05) is 56.2 Å². The van der Waals surface area contributed by atoms with Crippen molar-refractivity contribution >= 4 is 66.0 Å². The Hall–Kier alpha value is -5.08. The third-order valence-corrected chi connectivity index (χ3v) is 11.8. The van der Waals surface area contributed by atoms with Crippen molar-refractivity contribution in [2.24, 2.45) is 0 Å². The molecule has 1 fully saturated rings. The molecule has 1 amide bonds. The average Bonchev–Trinajstić information content (AvgIpc) is 3.78. The minimum absolute atomic E-state index is 0.112. The molecule has 11 nitrogen and oxygen atoms in total. The zero-order valence-electron chi connectivity index (χ0n) is 29.1. The maximum atomic E-state index is 13.5. The quantitative estimate of drug-likeness (QED) is 0.0952. The van der Waals surface area contributed by atoms with Crippen LogP contribution in [0.1, 0.15) is 38.3 Å². The van der Waals surface area contributed by atoms with Crippen LogP contribution >= 0.6 is 22.7 Å². The van der Waals surface area contributed by atoms with Crippen molar-refractivity contribution in [3.8, 4) is 11.6 Å². The average molecular weight is 750 g/mol. The topological polar surface area (TPSA) is 126 Å². The summed E-state index contributed by atoms with van der Waals surface area (Å²) in [5.74, 6) is 0.763. The number of morpholine rings is 1. The number of carboxylic acid groups (broad SMARTS) is 1. The molecule has 2 aliphatic rings. The Kier molecular flexibility index (Phi) is 10.5. The maximum absolute atomic E-state index is 13.5. The van der Waals surface area contributed by atoms with Gasteiger partial charge in [-0.1, -0.05) is 71.2 Å². The van der Waals surface area contributed by atoms with Gasteiger partial charge in [0, 0.05) is 38.3 Å². The molecule has 0 bridgehead atoms. The van der Waals surface area contributed by atoms with E-state index in [2.05, 4.69) is 61.5 Å². The Morgan fingerprint density at radius 3 is 2.62 bits per heavy atom. The van der Waals surface area contributed by atoms with Gasteiger partial charge in [-0.25, -0.2) is 9.78 Å². The number of carbonyl (C=O) groups excluding carboxylic acids is 1. The van der Waals surface area contributed by atoms with Crippen LogP contribution < -0.4 is 19.7 Å². The number of amides is 1. The summed E-state index contributed by atoms with van der Waals surface area (Å²) in [6.45, 7) is 6.41. The van der Waals surface area contributed by atoms with Crippen LogP contribution in [0.15, 0.2) is 78.9 Å². The number of nitrogens with zero attached hydrogens (tertiary/aromatic N) is 4. The highest BCUT2D eigenvalue weighted by atomic mass is 32.1. The lowest BCUT2D eigenvalue weighted by molar-refractivity contribution is 0.0358. The monoisotopic (exact) mass is 749 g/mol. The normalized spacial score (nSPS) is 14.7. The fourth-order valence-corrected chi connectivity index (χ4v) is 8.78. The summed E-state index contributed by atoms with van der Waals surface area (Å²) in [5, 5.41) is 16.0. The van der Waals surface area contributed by atoms with Gasteiger partial charge >= 0.3 is 6.16 Å². The van der Waals surface area contributed by atoms with Crippen LogP contribution in [-0.4, -0.2) is 78.0 Å². The number of hydrogen-bond acceptors (Lipinski definition) is 11. The molecule has 53 heavy (non-hydrogen) atoms. The zero-order chi connectivity index (χ0) is 36.1. The molecule has 1 saturated heterocycles. The van der Waals surface area contributed by atoms with Crippen LogP contribution in [0, 0.1) is 0 Å². The van der Waals surface area contributed by atoms with E-state index in [0.29, 0.717) is 48.4 Å². The Labute approximate surface area is 314 Å². The number of para-hydroxylation sites is 1. The molecule has 272 valence electrons. The van der Waals surface area contributed by atoms with Gasteiger partial charge in [0.1, 0.15) is 5.75 Å². The second-order valence-electron chi connectivity index (χ2n) is 13.1. The number of aryl methyl sites for hydroxylation is 2. The standard InChI is InChI=1S/C40H39N5O6S2/c46-36(42-38-41-33-7-1-2-8-34(33)52-38)31-6-3-5-27-15-17-45(25-32(27)31)39-43-37(51-40(47)48)35(53-39)14-10-26-9-11-29-24-30(13-12-28(29)23-26)50-20-4-16-44-18-21-49-22-19-44/h1-3,5-9,11-13,23-24H,4,10,14-22,25H2,(H,47,48)(H,41,42,46). The molecule has 13 heteroatoms. The predicted octanol–water partition coefficient (Wildman–Crippen LogP) is 7.66.